The second kappa shape index (κ2) is 8.59. The molecular formula is C23H19BrN2O4. The summed E-state index contributed by atoms with van der Waals surface area (Å²) in [6, 6.07) is 18.6. The maximum Gasteiger partial charge on any atom is 0.335 e. The van der Waals surface area contributed by atoms with E-state index in [1.807, 2.05) is 60.2 Å². The number of ether oxygens (including phenoxy) is 1. The molecule has 2 heterocycles. The first-order valence-electron chi connectivity index (χ1n) is 9.33. The number of carbonyl (C=O) groups is 1. The van der Waals surface area contributed by atoms with Gasteiger partial charge in [0, 0.05) is 40.1 Å². The lowest BCUT2D eigenvalue weighted by atomic mass is 10.1. The molecule has 4 rings (SSSR count). The van der Waals surface area contributed by atoms with Crippen molar-refractivity contribution in [3.63, 3.8) is 0 Å². The van der Waals surface area contributed by atoms with E-state index in [1.165, 1.54) is 0 Å². The van der Waals surface area contributed by atoms with Gasteiger partial charge >= 0.3 is 5.97 Å². The number of hydrogen-bond donors (Lipinski definition) is 1. The van der Waals surface area contributed by atoms with Crippen LogP contribution in [0.4, 0.5) is 0 Å². The molecule has 0 aliphatic rings. The average molecular weight is 467 g/mol. The predicted octanol–water partition coefficient (Wildman–Crippen LogP) is 5.40. The first kappa shape index (κ1) is 20.0. The number of aromatic nitrogens is 2. The minimum absolute atomic E-state index is 0.251. The minimum atomic E-state index is -0.948. The topological polar surface area (TPSA) is 77.5 Å². The van der Waals surface area contributed by atoms with Crippen LogP contribution in [0.1, 0.15) is 33.1 Å². The van der Waals surface area contributed by atoms with Crippen molar-refractivity contribution in [2.24, 2.45) is 0 Å². The van der Waals surface area contributed by atoms with E-state index in [-0.39, 0.29) is 5.56 Å². The van der Waals surface area contributed by atoms with E-state index in [0.717, 1.165) is 38.6 Å². The standard InChI is InChI=1S/C23H19BrN2O4/c1-15-10-19(25-30-15)14-29-22-8-7-18(24)11-17(22)13-21-6-3-9-26(21)20-5-2-4-16(12-20)23(27)28/h2-12H,13-14H2,1H3,(H,27,28). The fourth-order valence-corrected chi connectivity index (χ4v) is 3.67. The molecule has 0 atom stereocenters. The SMILES string of the molecule is Cc1cc(COc2ccc(Br)cc2Cc2cccn2-c2cccc(C(=O)O)c2)no1. The van der Waals surface area contributed by atoms with Crippen LogP contribution >= 0.6 is 15.9 Å². The van der Waals surface area contributed by atoms with E-state index in [2.05, 4.69) is 21.1 Å². The van der Waals surface area contributed by atoms with Gasteiger partial charge in [-0.05, 0) is 55.5 Å². The van der Waals surface area contributed by atoms with Gasteiger partial charge in [-0.15, -0.1) is 0 Å². The molecule has 2 aromatic carbocycles. The molecule has 0 fully saturated rings. The van der Waals surface area contributed by atoms with Crippen LogP contribution in [0, 0.1) is 6.92 Å². The van der Waals surface area contributed by atoms with Gasteiger partial charge in [-0.25, -0.2) is 4.79 Å². The first-order chi connectivity index (χ1) is 14.5. The fraction of sp³-hybridized carbons (Fsp3) is 0.130. The highest BCUT2D eigenvalue weighted by molar-refractivity contribution is 9.10. The van der Waals surface area contributed by atoms with Gasteiger partial charge in [0.25, 0.3) is 0 Å². The molecule has 1 N–H and O–H groups in total. The molecule has 7 heteroatoms. The Labute approximate surface area is 181 Å². The number of halogens is 1. The van der Waals surface area contributed by atoms with E-state index < -0.39 is 5.97 Å². The summed E-state index contributed by atoms with van der Waals surface area (Å²) in [4.78, 5) is 11.3. The summed E-state index contributed by atoms with van der Waals surface area (Å²) >= 11 is 3.53. The zero-order chi connectivity index (χ0) is 21.1. The van der Waals surface area contributed by atoms with Crippen molar-refractivity contribution in [2.75, 3.05) is 0 Å². The highest BCUT2D eigenvalue weighted by atomic mass is 79.9. The summed E-state index contributed by atoms with van der Waals surface area (Å²) in [6.45, 7) is 2.16. The van der Waals surface area contributed by atoms with Gasteiger partial charge in [-0.1, -0.05) is 27.2 Å². The third-order valence-electron chi connectivity index (χ3n) is 4.65. The van der Waals surface area contributed by atoms with Crippen molar-refractivity contribution in [2.45, 2.75) is 20.0 Å². The van der Waals surface area contributed by atoms with Crippen molar-refractivity contribution >= 4 is 21.9 Å². The zero-order valence-electron chi connectivity index (χ0n) is 16.2. The van der Waals surface area contributed by atoms with Crippen LogP contribution in [0.3, 0.4) is 0 Å². The highest BCUT2D eigenvalue weighted by Crippen LogP contribution is 2.28. The van der Waals surface area contributed by atoms with E-state index >= 15 is 0 Å². The third-order valence-corrected chi connectivity index (χ3v) is 5.14. The number of aryl methyl sites for hydroxylation is 1. The van der Waals surface area contributed by atoms with Gasteiger partial charge in [0.15, 0.2) is 0 Å². The molecule has 0 unspecified atom stereocenters. The monoisotopic (exact) mass is 466 g/mol. The molecular weight excluding hydrogens is 448 g/mol. The summed E-state index contributed by atoms with van der Waals surface area (Å²) in [6.07, 6.45) is 2.53. The third kappa shape index (κ3) is 4.46. The molecule has 0 radical (unpaired) electrons. The van der Waals surface area contributed by atoms with Crippen molar-refractivity contribution in [3.8, 4) is 11.4 Å². The Morgan fingerprint density at radius 2 is 2.03 bits per heavy atom. The Morgan fingerprint density at radius 1 is 1.17 bits per heavy atom. The lowest BCUT2D eigenvalue weighted by Crippen LogP contribution is -2.04. The number of carboxylic acids is 1. The van der Waals surface area contributed by atoms with Crippen LogP contribution in [0.5, 0.6) is 5.75 Å². The molecule has 0 saturated heterocycles. The van der Waals surface area contributed by atoms with Gasteiger partial charge in [-0.3, -0.25) is 0 Å². The lowest BCUT2D eigenvalue weighted by molar-refractivity contribution is 0.0697. The fourth-order valence-electron chi connectivity index (χ4n) is 3.26. The molecule has 0 spiro atoms. The summed E-state index contributed by atoms with van der Waals surface area (Å²) in [5, 5.41) is 13.3. The van der Waals surface area contributed by atoms with Crippen molar-refractivity contribution in [1.82, 2.24) is 9.72 Å². The maximum atomic E-state index is 11.3. The summed E-state index contributed by atoms with van der Waals surface area (Å²) < 4.78 is 14.0. The molecule has 0 amide bonds. The van der Waals surface area contributed by atoms with Crippen LogP contribution in [-0.4, -0.2) is 20.8 Å². The molecule has 4 aromatic rings. The molecule has 0 aliphatic carbocycles. The number of carboxylic acid groups (broad SMARTS) is 1. The Morgan fingerprint density at radius 3 is 2.80 bits per heavy atom. The molecule has 0 saturated carbocycles. The van der Waals surface area contributed by atoms with Crippen molar-refractivity contribution in [1.29, 1.82) is 0 Å². The van der Waals surface area contributed by atoms with Gasteiger partial charge in [0.1, 0.15) is 23.8 Å². The normalized spacial score (nSPS) is 10.9. The summed E-state index contributed by atoms with van der Waals surface area (Å²) in [5.74, 6) is 0.549. The van der Waals surface area contributed by atoms with Gasteiger partial charge in [0.2, 0.25) is 0 Å². The van der Waals surface area contributed by atoms with Gasteiger partial charge in [-0.2, -0.15) is 0 Å². The van der Waals surface area contributed by atoms with E-state index in [0.29, 0.717) is 13.0 Å². The molecule has 2 aromatic heterocycles. The van der Waals surface area contributed by atoms with Crippen molar-refractivity contribution < 1.29 is 19.2 Å². The zero-order valence-corrected chi connectivity index (χ0v) is 17.8. The second-order valence-electron chi connectivity index (χ2n) is 6.87. The minimum Gasteiger partial charge on any atom is -0.487 e. The lowest BCUT2D eigenvalue weighted by Gasteiger charge is -2.14. The van der Waals surface area contributed by atoms with Crippen molar-refractivity contribution in [3.05, 3.63) is 99.6 Å². The largest absolute Gasteiger partial charge is 0.487 e. The number of nitrogens with zero attached hydrogens (tertiary/aromatic N) is 2. The molecule has 6 nitrogen and oxygen atoms in total. The van der Waals surface area contributed by atoms with Crippen LogP contribution < -0.4 is 4.74 Å². The van der Waals surface area contributed by atoms with Gasteiger partial charge < -0.3 is 18.9 Å². The van der Waals surface area contributed by atoms with Crippen LogP contribution in [0.2, 0.25) is 0 Å². The van der Waals surface area contributed by atoms with E-state index in [4.69, 9.17) is 9.26 Å². The summed E-state index contributed by atoms with van der Waals surface area (Å²) in [7, 11) is 0. The number of aromatic carboxylic acids is 1. The van der Waals surface area contributed by atoms with E-state index in [9.17, 15) is 9.90 Å². The maximum absolute atomic E-state index is 11.3. The Bertz CT molecular complexity index is 1200. The Balaban J connectivity index is 1.61. The first-order valence-corrected chi connectivity index (χ1v) is 10.1. The summed E-state index contributed by atoms with van der Waals surface area (Å²) in [5.41, 5.74) is 3.79. The predicted molar refractivity (Wildman–Crippen MR) is 115 cm³/mol. The quantitative estimate of drug-likeness (QED) is 0.394. The number of rotatable bonds is 7. The smallest absolute Gasteiger partial charge is 0.335 e. The van der Waals surface area contributed by atoms with Crippen LogP contribution in [-0.2, 0) is 13.0 Å². The van der Waals surface area contributed by atoms with E-state index in [1.54, 1.807) is 18.2 Å². The molecule has 30 heavy (non-hydrogen) atoms. The number of benzene rings is 2. The van der Waals surface area contributed by atoms with Crippen LogP contribution in [0.25, 0.3) is 5.69 Å². The Kier molecular flexibility index (Phi) is 5.72. The van der Waals surface area contributed by atoms with Crippen LogP contribution in [0.15, 0.2) is 75.9 Å². The number of hydrogen-bond acceptors (Lipinski definition) is 4. The molecule has 152 valence electrons. The van der Waals surface area contributed by atoms with Gasteiger partial charge in [0.05, 0.1) is 5.56 Å². The molecule has 0 bridgehead atoms. The second-order valence-corrected chi connectivity index (χ2v) is 7.79. The molecule has 0 aliphatic heterocycles. The average Bonchev–Trinajstić information content (AvgIpc) is 3.36. The highest BCUT2D eigenvalue weighted by Gasteiger charge is 2.12. The Hall–Kier alpha value is -3.32.